The second kappa shape index (κ2) is 7.33. The van der Waals surface area contributed by atoms with Gasteiger partial charge in [0.15, 0.2) is 5.78 Å². The summed E-state index contributed by atoms with van der Waals surface area (Å²) in [5, 5.41) is 0. The van der Waals surface area contributed by atoms with Crippen LogP contribution in [-0.2, 0) is 9.47 Å². The third-order valence-corrected chi connectivity index (χ3v) is 4.35. The van der Waals surface area contributed by atoms with Crippen LogP contribution in [0.2, 0.25) is 0 Å². The topological polar surface area (TPSA) is 42.0 Å². The second-order valence-corrected chi connectivity index (χ2v) is 5.90. The van der Waals surface area contributed by atoms with Crippen molar-refractivity contribution in [3.8, 4) is 0 Å². The standard InChI is InChI=1S/C17H24N2O3/c1-14-2-4-15(5-3-14)16(20)17(18-6-10-21-11-7-18)19-8-12-22-13-9-19/h2-5,17H,6-13H2,1H3. The Morgan fingerprint density at radius 3 is 1.82 bits per heavy atom. The molecular formula is C17H24N2O3. The molecule has 1 aromatic rings. The van der Waals surface area contributed by atoms with Gasteiger partial charge in [-0.3, -0.25) is 14.6 Å². The highest BCUT2D eigenvalue weighted by molar-refractivity contribution is 5.99. The first kappa shape index (κ1) is 15.6. The highest BCUT2D eigenvalue weighted by Gasteiger charge is 2.34. The van der Waals surface area contributed by atoms with Crippen LogP contribution in [-0.4, -0.2) is 74.4 Å². The van der Waals surface area contributed by atoms with E-state index < -0.39 is 0 Å². The zero-order valence-corrected chi connectivity index (χ0v) is 13.2. The maximum Gasteiger partial charge on any atom is 0.194 e. The summed E-state index contributed by atoms with van der Waals surface area (Å²) in [6.07, 6.45) is -0.199. The Kier molecular flexibility index (Phi) is 5.20. The summed E-state index contributed by atoms with van der Waals surface area (Å²) in [5.74, 6) is 0.184. The molecule has 0 unspecified atom stereocenters. The minimum absolute atomic E-state index is 0.184. The number of ether oxygens (including phenoxy) is 2. The molecule has 2 saturated heterocycles. The van der Waals surface area contributed by atoms with Crippen molar-refractivity contribution in [1.82, 2.24) is 9.80 Å². The summed E-state index contributed by atoms with van der Waals surface area (Å²) in [5.41, 5.74) is 1.96. The normalized spacial score (nSPS) is 21.2. The van der Waals surface area contributed by atoms with E-state index in [1.165, 1.54) is 5.56 Å². The summed E-state index contributed by atoms with van der Waals surface area (Å²) < 4.78 is 10.9. The quantitative estimate of drug-likeness (QED) is 0.781. The molecule has 0 bridgehead atoms. The number of carbonyl (C=O) groups excluding carboxylic acids is 1. The first-order chi connectivity index (χ1) is 10.8. The van der Waals surface area contributed by atoms with Gasteiger partial charge in [0, 0.05) is 31.7 Å². The molecule has 3 rings (SSSR count). The SMILES string of the molecule is Cc1ccc(C(=O)C(N2CCOCC2)N2CCOCC2)cc1. The number of morpholine rings is 2. The molecular weight excluding hydrogens is 280 g/mol. The molecule has 0 spiro atoms. The Balaban J connectivity index is 1.82. The Hall–Kier alpha value is -1.27. The molecule has 120 valence electrons. The van der Waals surface area contributed by atoms with Crippen LogP contribution >= 0.6 is 0 Å². The van der Waals surface area contributed by atoms with E-state index in [2.05, 4.69) is 9.80 Å². The number of Topliss-reactive ketones (excluding diaryl/α,β-unsaturated/α-hetero) is 1. The molecule has 1 aromatic carbocycles. The Labute approximate surface area is 131 Å². The van der Waals surface area contributed by atoms with E-state index in [0.717, 1.165) is 31.7 Å². The molecule has 0 amide bonds. The highest BCUT2D eigenvalue weighted by atomic mass is 16.5. The number of benzene rings is 1. The minimum atomic E-state index is -0.199. The molecule has 2 aliphatic heterocycles. The van der Waals surface area contributed by atoms with Gasteiger partial charge in [-0.05, 0) is 6.92 Å². The van der Waals surface area contributed by atoms with Gasteiger partial charge in [0.2, 0.25) is 0 Å². The third kappa shape index (κ3) is 3.55. The largest absolute Gasteiger partial charge is 0.379 e. The van der Waals surface area contributed by atoms with Gasteiger partial charge in [0.05, 0.1) is 26.4 Å². The van der Waals surface area contributed by atoms with Gasteiger partial charge in [0.25, 0.3) is 0 Å². The zero-order valence-electron chi connectivity index (χ0n) is 13.2. The van der Waals surface area contributed by atoms with Crippen LogP contribution in [0.4, 0.5) is 0 Å². The Bertz CT molecular complexity index is 473. The molecule has 2 fully saturated rings. The van der Waals surface area contributed by atoms with Crippen LogP contribution < -0.4 is 0 Å². The van der Waals surface area contributed by atoms with Gasteiger partial charge in [-0.1, -0.05) is 29.8 Å². The number of nitrogens with zero attached hydrogens (tertiary/aromatic N) is 2. The molecule has 0 radical (unpaired) electrons. The molecule has 0 aromatic heterocycles. The first-order valence-electron chi connectivity index (χ1n) is 8.00. The summed E-state index contributed by atoms with van der Waals surface area (Å²) in [7, 11) is 0. The van der Waals surface area contributed by atoms with Crippen molar-refractivity contribution in [2.24, 2.45) is 0 Å². The van der Waals surface area contributed by atoms with Crippen molar-refractivity contribution in [1.29, 1.82) is 0 Å². The van der Waals surface area contributed by atoms with Crippen LogP contribution in [0.25, 0.3) is 0 Å². The van der Waals surface area contributed by atoms with Gasteiger partial charge in [-0.2, -0.15) is 0 Å². The van der Waals surface area contributed by atoms with Crippen LogP contribution in [0, 0.1) is 6.92 Å². The molecule has 0 saturated carbocycles. The highest BCUT2D eigenvalue weighted by Crippen LogP contribution is 2.17. The number of aryl methyl sites for hydroxylation is 1. The lowest BCUT2D eigenvalue weighted by molar-refractivity contribution is -0.0537. The maximum absolute atomic E-state index is 13.1. The fraction of sp³-hybridized carbons (Fsp3) is 0.588. The van der Waals surface area contributed by atoms with Crippen molar-refractivity contribution in [3.63, 3.8) is 0 Å². The molecule has 5 heteroatoms. The average molecular weight is 304 g/mol. The van der Waals surface area contributed by atoms with Gasteiger partial charge >= 0.3 is 0 Å². The van der Waals surface area contributed by atoms with E-state index in [9.17, 15) is 4.79 Å². The average Bonchev–Trinajstić information content (AvgIpc) is 2.57. The molecule has 0 atom stereocenters. The van der Waals surface area contributed by atoms with Crippen molar-refractivity contribution in [2.45, 2.75) is 13.1 Å². The van der Waals surface area contributed by atoms with E-state index in [-0.39, 0.29) is 11.9 Å². The van der Waals surface area contributed by atoms with Crippen LogP contribution in [0.5, 0.6) is 0 Å². The summed E-state index contributed by atoms with van der Waals surface area (Å²) in [6, 6.07) is 7.88. The van der Waals surface area contributed by atoms with Gasteiger partial charge in [0.1, 0.15) is 6.17 Å². The number of hydrogen-bond donors (Lipinski definition) is 0. The molecule has 2 heterocycles. The number of rotatable bonds is 4. The van der Waals surface area contributed by atoms with Crippen molar-refractivity contribution in [2.75, 3.05) is 52.6 Å². The van der Waals surface area contributed by atoms with Crippen molar-refractivity contribution >= 4 is 5.78 Å². The third-order valence-electron chi connectivity index (χ3n) is 4.35. The molecule has 5 nitrogen and oxygen atoms in total. The number of hydrogen-bond acceptors (Lipinski definition) is 5. The Morgan fingerprint density at radius 1 is 0.909 bits per heavy atom. The van der Waals surface area contributed by atoms with E-state index in [1.807, 2.05) is 31.2 Å². The smallest absolute Gasteiger partial charge is 0.194 e. The van der Waals surface area contributed by atoms with E-state index in [1.54, 1.807) is 0 Å². The first-order valence-corrected chi connectivity index (χ1v) is 8.00. The predicted octanol–water partition coefficient (Wildman–Crippen LogP) is 1.17. The molecule has 22 heavy (non-hydrogen) atoms. The summed E-state index contributed by atoms with van der Waals surface area (Å²) in [4.78, 5) is 17.6. The minimum Gasteiger partial charge on any atom is -0.379 e. The Morgan fingerprint density at radius 2 is 1.36 bits per heavy atom. The van der Waals surface area contributed by atoms with Crippen molar-refractivity contribution in [3.05, 3.63) is 35.4 Å². The van der Waals surface area contributed by atoms with Gasteiger partial charge in [-0.25, -0.2) is 0 Å². The maximum atomic E-state index is 13.1. The van der Waals surface area contributed by atoms with Crippen molar-refractivity contribution < 1.29 is 14.3 Å². The molecule has 0 aliphatic carbocycles. The van der Waals surface area contributed by atoms with E-state index in [4.69, 9.17) is 9.47 Å². The van der Waals surface area contributed by atoms with Crippen LogP contribution in [0.3, 0.4) is 0 Å². The van der Waals surface area contributed by atoms with Gasteiger partial charge < -0.3 is 9.47 Å². The fourth-order valence-corrected chi connectivity index (χ4v) is 3.07. The lowest BCUT2D eigenvalue weighted by Crippen LogP contribution is -2.58. The van der Waals surface area contributed by atoms with E-state index in [0.29, 0.717) is 26.4 Å². The predicted molar refractivity (Wildman–Crippen MR) is 84.1 cm³/mol. The molecule has 0 N–H and O–H groups in total. The fourth-order valence-electron chi connectivity index (χ4n) is 3.07. The van der Waals surface area contributed by atoms with Crippen LogP contribution in [0.1, 0.15) is 15.9 Å². The van der Waals surface area contributed by atoms with E-state index >= 15 is 0 Å². The molecule has 2 aliphatic rings. The van der Waals surface area contributed by atoms with Gasteiger partial charge in [-0.15, -0.1) is 0 Å². The lowest BCUT2D eigenvalue weighted by atomic mass is 10.0. The summed E-state index contributed by atoms with van der Waals surface area (Å²) in [6.45, 7) is 8.04. The zero-order chi connectivity index (χ0) is 15.4. The summed E-state index contributed by atoms with van der Waals surface area (Å²) >= 11 is 0. The number of carbonyl (C=O) groups is 1. The van der Waals surface area contributed by atoms with Crippen LogP contribution in [0.15, 0.2) is 24.3 Å². The monoisotopic (exact) mass is 304 g/mol. The number of ketones is 1. The lowest BCUT2D eigenvalue weighted by Gasteiger charge is -2.41. The second-order valence-electron chi connectivity index (χ2n) is 5.90.